The number of hydrogen-bond donors (Lipinski definition) is 0. The largest absolute Gasteiger partial charge is 0.378 e. The van der Waals surface area contributed by atoms with Gasteiger partial charge in [-0.25, -0.2) is 0 Å². The van der Waals surface area contributed by atoms with Crippen molar-refractivity contribution in [3.63, 3.8) is 0 Å². The molecule has 2 saturated heterocycles. The average molecular weight is 360 g/mol. The molecule has 1 atom stereocenters. The third-order valence-electron chi connectivity index (χ3n) is 6.47. The zero-order chi connectivity index (χ0) is 18.1. The molecular weight excluding hydrogens is 332 g/mol. The first-order chi connectivity index (χ1) is 12.6. The maximum absolute atomic E-state index is 12.8. The molecule has 0 bridgehead atoms. The number of likely N-dealkylation sites (tertiary alicyclic amines) is 1. The Morgan fingerprint density at radius 3 is 2.65 bits per heavy atom. The van der Waals surface area contributed by atoms with Gasteiger partial charge in [-0.3, -0.25) is 14.3 Å². The average Bonchev–Trinajstić information content (AvgIpc) is 3.23. The standard InChI is InChI=1S/C19H28N4O3/c1-21-12-15(11-20-21)18(25)23-13-16(19(14-23)5-2-6-19)3-4-17(24)22-7-9-26-10-8-22/h11-12,16H,2-10,13-14H2,1H3. The number of ether oxygens (including phenoxy) is 1. The van der Waals surface area contributed by atoms with Crippen molar-refractivity contribution in [3.05, 3.63) is 18.0 Å². The van der Waals surface area contributed by atoms with Gasteiger partial charge in [-0.15, -0.1) is 0 Å². The van der Waals surface area contributed by atoms with E-state index in [-0.39, 0.29) is 17.2 Å². The van der Waals surface area contributed by atoms with Crippen LogP contribution in [-0.4, -0.2) is 70.8 Å². The van der Waals surface area contributed by atoms with Gasteiger partial charge in [0.25, 0.3) is 5.91 Å². The van der Waals surface area contributed by atoms with Crippen molar-refractivity contribution in [1.29, 1.82) is 0 Å². The van der Waals surface area contributed by atoms with E-state index in [0.29, 0.717) is 44.2 Å². The van der Waals surface area contributed by atoms with Crippen LogP contribution in [0.15, 0.2) is 12.4 Å². The predicted octanol–water partition coefficient (Wildman–Crippen LogP) is 1.30. The Kier molecular flexibility index (Phi) is 4.73. The second-order valence-corrected chi connectivity index (χ2v) is 8.03. The normalized spacial score (nSPS) is 24.7. The molecule has 7 nitrogen and oxygen atoms in total. The molecular formula is C19H28N4O3. The number of aryl methyl sites for hydroxylation is 1. The summed E-state index contributed by atoms with van der Waals surface area (Å²) in [4.78, 5) is 29.2. The van der Waals surface area contributed by atoms with E-state index in [9.17, 15) is 9.59 Å². The summed E-state index contributed by atoms with van der Waals surface area (Å²) in [6.45, 7) is 4.31. The minimum Gasteiger partial charge on any atom is -0.378 e. The lowest BCUT2D eigenvalue weighted by atomic mass is 9.62. The molecule has 7 heteroatoms. The second-order valence-electron chi connectivity index (χ2n) is 8.03. The van der Waals surface area contributed by atoms with E-state index in [0.717, 1.165) is 19.5 Å². The van der Waals surface area contributed by atoms with Crippen LogP contribution in [0.4, 0.5) is 0 Å². The van der Waals surface area contributed by atoms with Crippen LogP contribution >= 0.6 is 0 Å². The summed E-state index contributed by atoms with van der Waals surface area (Å²) in [5.41, 5.74) is 0.899. The van der Waals surface area contributed by atoms with Crippen molar-refractivity contribution in [3.8, 4) is 0 Å². The van der Waals surface area contributed by atoms with Crippen molar-refractivity contribution in [1.82, 2.24) is 19.6 Å². The number of hydrogen-bond acceptors (Lipinski definition) is 4. The van der Waals surface area contributed by atoms with Crippen molar-refractivity contribution in [2.75, 3.05) is 39.4 Å². The highest BCUT2D eigenvalue weighted by Crippen LogP contribution is 2.53. The van der Waals surface area contributed by atoms with Gasteiger partial charge in [0.05, 0.1) is 25.0 Å². The number of nitrogens with zero attached hydrogens (tertiary/aromatic N) is 4. The third kappa shape index (κ3) is 3.24. The smallest absolute Gasteiger partial charge is 0.257 e. The molecule has 1 aromatic heterocycles. The van der Waals surface area contributed by atoms with Crippen LogP contribution in [0.5, 0.6) is 0 Å². The fraction of sp³-hybridized carbons (Fsp3) is 0.737. The monoisotopic (exact) mass is 360 g/mol. The molecule has 1 spiro atoms. The van der Waals surface area contributed by atoms with Gasteiger partial charge >= 0.3 is 0 Å². The van der Waals surface area contributed by atoms with Crippen molar-refractivity contribution >= 4 is 11.8 Å². The summed E-state index contributed by atoms with van der Waals surface area (Å²) in [7, 11) is 1.83. The quantitative estimate of drug-likeness (QED) is 0.812. The number of carbonyl (C=O) groups excluding carboxylic acids is 2. The molecule has 1 saturated carbocycles. The Balaban J connectivity index is 1.37. The van der Waals surface area contributed by atoms with Crippen LogP contribution in [0.25, 0.3) is 0 Å². The first kappa shape index (κ1) is 17.5. The Morgan fingerprint density at radius 2 is 2.04 bits per heavy atom. The molecule has 3 fully saturated rings. The van der Waals surface area contributed by atoms with Gasteiger partial charge in [0.1, 0.15) is 0 Å². The van der Waals surface area contributed by atoms with Gasteiger partial charge in [0, 0.05) is 45.8 Å². The van der Waals surface area contributed by atoms with E-state index in [2.05, 4.69) is 5.10 Å². The molecule has 0 aromatic carbocycles. The number of amides is 2. The molecule has 3 aliphatic rings. The number of morpholine rings is 1. The Morgan fingerprint density at radius 1 is 1.27 bits per heavy atom. The Bertz CT molecular complexity index is 676. The topological polar surface area (TPSA) is 67.7 Å². The number of carbonyl (C=O) groups is 2. The second kappa shape index (κ2) is 7.02. The molecule has 3 heterocycles. The van der Waals surface area contributed by atoms with Gasteiger partial charge in [0.2, 0.25) is 5.91 Å². The van der Waals surface area contributed by atoms with E-state index >= 15 is 0 Å². The molecule has 2 aliphatic heterocycles. The highest BCUT2D eigenvalue weighted by Gasteiger charge is 2.51. The molecule has 4 rings (SSSR count). The lowest BCUT2D eigenvalue weighted by Crippen LogP contribution is -2.42. The lowest BCUT2D eigenvalue weighted by Gasteiger charge is -2.43. The summed E-state index contributed by atoms with van der Waals surface area (Å²) in [5.74, 6) is 0.744. The third-order valence-corrected chi connectivity index (χ3v) is 6.47. The Hall–Kier alpha value is -1.89. The zero-order valence-electron chi connectivity index (χ0n) is 15.5. The highest BCUT2D eigenvalue weighted by molar-refractivity contribution is 5.94. The minimum absolute atomic E-state index is 0.0754. The van der Waals surface area contributed by atoms with Crippen LogP contribution in [-0.2, 0) is 16.6 Å². The molecule has 142 valence electrons. The van der Waals surface area contributed by atoms with Crippen LogP contribution in [0.1, 0.15) is 42.5 Å². The summed E-state index contributed by atoms with van der Waals surface area (Å²) < 4.78 is 6.99. The molecule has 0 N–H and O–H groups in total. The van der Waals surface area contributed by atoms with Gasteiger partial charge < -0.3 is 14.5 Å². The van der Waals surface area contributed by atoms with Crippen LogP contribution in [0.3, 0.4) is 0 Å². The van der Waals surface area contributed by atoms with E-state index in [1.165, 1.54) is 19.3 Å². The first-order valence-electron chi connectivity index (χ1n) is 9.71. The van der Waals surface area contributed by atoms with E-state index < -0.39 is 0 Å². The fourth-order valence-electron chi connectivity index (χ4n) is 4.77. The number of aromatic nitrogens is 2. The lowest BCUT2D eigenvalue weighted by molar-refractivity contribution is -0.135. The summed E-state index contributed by atoms with van der Waals surface area (Å²) in [5, 5.41) is 4.12. The van der Waals surface area contributed by atoms with E-state index in [1.54, 1.807) is 17.1 Å². The molecule has 1 unspecified atom stereocenters. The van der Waals surface area contributed by atoms with Crippen molar-refractivity contribution < 1.29 is 14.3 Å². The molecule has 0 radical (unpaired) electrons. The number of rotatable bonds is 4. The van der Waals surface area contributed by atoms with E-state index in [1.807, 2.05) is 16.8 Å². The van der Waals surface area contributed by atoms with Crippen molar-refractivity contribution in [2.45, 2.75) is 32.1 Å². The molecule has 26 heavy (non-hydrogen) atoms. The Labute approximate surface area is 154 Å². The fourth-order valence-corrected chi connectivity index (χ4v) is 4.77. The van der Waals surface area contributed by atoms with Gasteiger partial charge in [-0.2, -0.15) is 5.10 Å². The van der Waals surface area contributed by atoms with Gasteiger partial charge in [-0.1, -0.05) is 6.42 Å². The van der Waals surface area contributed by atoms with Crippen LogP contribution in [0, 0.1) is 11.3 Å². The minimum atomic E-state index is 0.0754. The summed E-state index contributed by atoms with van der Waals surface area (Å²) in [6.07, 6.45) is 8.49. The summed E-state index contributed by atoms with van der Waals surface area (Å²) in [6, 6.07) is 0. The highest BCUT2D eigenvalue weighted by atomic mass is 16.5. The van der Waals surface area contributed by atoms with E-state index in [4.69, 9.17) is 4.74 Å². The molecule has 1 aromatic rings. The maximum Gasteiger partial charge on any atom is 0.257 e. The first-order valence-corrected chi connectivity index (χ1v) is 9.71. The predicted molar refractivity (Wildman–Crippen MR) is 95.5 cm³/mol. The zero-order valence-corrected chi connectivity index (χ0v) is 15.5. The SMILES string of the molecule is Cn1cc(C(=O)N2CC(CCC(=O)N3CCOCC3)C3(CCC3)C2)cn1. The molecule has 2 amide bonds. The van der Waals surface area contributed by atoms with Crippen LogP contribution < -0.4 is 0 Å². The van der Waals surface area contributed by atoms with Gasteiger partial charge in [-0.05, 0) is 30.6 Å². The van der Waals surface area contributed by atoms with Crippen molar-refractivity contribution in [2.24, 2.45) is 18.4 Å². The van der Waals surface area contributed by atoms with Gasteiger partial charge in [0.15, 0.2) is 0 Å². The summed E-state index contributed by atoms with van der Waals surface area (Å²) >= 11 is 0. The maximum atomic E-state index is 12.8. The molecule has 1 aliphatic carbocycles. The van der Waals surface area contributed by atoms with Crippen LogP contribution in [0.2, 0.25) is 0 Å².